The van der Waals surface area contributed by atoms with E-state index in [-0.39, 0.29) is 0 Å². The molecule has 0 N–H and O–H groups in total. The average molecular weight is 198 g/mol. The minimum Gasteiger partial charge on any atom is -0.339 e. The Morgan fingerprint density at radius 1 is 1.54 bits per heavy atom. The third-order valence-corrected chi connectivity index (χ3v) is 1.95. The van der Waals surface area contributed by atoms with Gasteiger partial charge in [-0.1, -0.05) is 17.7 Å². The minimum absolute atomic E-state index is 0.415. The summed E-state index contributed by atoms with van der Waals surface area (Å²) >= 11 is 5.78. The predicted molar refractivity (Wildman–Crippen MR) is 47.1 cm³/mol. The first-order valence-corrected chi connectivity index (χ1v) is 3.85. The molecule has 0 amide bonds. The van der Waals surface area contributed by atoms with Gasteiger partial charge in [0.2, 0.25) is 5.52 Å². The van der Waals surface area contributed by atoms with Crippen molar-refractivity contribution in [1.82, 2.24) is 9.89 Å². The molecule has 0 unspecified atom stereocenters. The fourth-order valence-corrected chi connectivity index (χ4v) is 1.30. The van der Waals surface area contributed by atoms with Crippen molar-refractivity contribution in [2.45, 2.75) is 0 Å². The molecule has 0 aliphatic heterocycles. The summed E-state index contributed by atoms with van der Waals surface area (Å²) in [6.07, 6.45) is 1.32. The smallest absolute Gasteiger partial charge is 0.228 e. The Kier molecular flexibility index (Phi) is 1.66. The molecule has 0 spiro atoms. The molecule has 0 aliphatic carbocycles. The van der Waals surface area contributed by atoms with Crippen molar-refractivity contribution >= 4 is 22.5 Å². The van der Waals surface area contributed by atoms with E-state index < -0.39 is 5.03 Å². The molecule has 2 rings (SSSR count). The molecule has 0 atom stereocenters. The van der Waals surface area contributed by atoms with Gasteiger partial charge in [-0.05, 0) is 12.1 Å². The lowest BCUT2D eigenvalue weighted by Crippen LogP contribution is -2.08. The van der Waals surface area contributed by atoms with E-state index >= 15 is 0 Å². The standard InChI is InChI=1S/C7H4ClN3O2/c8-6-3-1-2-5-4-10(11(12)13)9-7(5)6/h1-4H. The van der Waals surface area contributed by atoms with E-state index in [0.29, 0.717) is 20.7 Å². The highest BCUT2D eigenvalue weighted by molar-refractivity contribution is 6.34. The molecule has 2 aromatic rings. The van der Waals surface area contributed by atoms with Gasteiger partial charge in [0, 0.05) is 4.79 Å². The van der Waals surface area contributed by atoms with E-state index in [4.69, 9.17) is 11.6 Å². The second-order valence-corrected chi connectivity index (χ2v) is 2.87. The first kappa shape index (κ1) is 8.00. The number of hydrogen-bond donors (Lipinski definition) is 0. The minimum atomic E-state index is -0.615. The van der Waals surface area contributed by atoms with Crippen LogP contribution in [-0.4, -0.2) is 14.9 Å². The number of aromatic nitrogens is 2. The molecule has 1 aromatic heterocycles. The van der Waals surface area contributed by atoms with Gasteiger partial charge in [0.1, 0.15) is 6.20 Å². The third kappa shape index (κ3) is 1.23. The number of nitro groups is 1. The highest BCUT2D eigenvalue weighted by Gasteiger charge is 2.12. The number of halogens is 1. The molecule has 0 saturated carbocycles. The van der Waals surface area contributed by atoms with E-state index in [9.17, 15) is 10.1 Å². The lowest BCUT2D eigenvalue weighted by atomic mass is 10.3. The quantitative estimate of drug-likeness (QED) is 0.517. The van der Waals surface area contributed by atoms with Crippen LogP contribution in [0.3, 0.4) is 0 Å². The fourth-order valence-electron chi connectivity index (χ4n) is 1.08. The molecule has 0 aliphatic rings. The highest BCUT2D eigenvalue weighted by atomic mass is 35.5. The number of hydrogen-bond acceptors (Lipinski definition) is 3. The largest absolute Gasteiger partial charge is 0.339 e. The van der Waals surface area contributed by atoms with Gasteiger partial charge in [-0.3, -0.25) is 0 Å². The maximum absolute atomic E-state index is 10.3. The first-order valence-electron chi connectivity index (χ1n) is 3.47. The van der Waals surface area contributed by atoms with Crippen molar-refractivity contribution in [3.63, 3.8) is 0 Å². The summed E-state index contributed by atoms with van der Waals surface area (Å²) in [5, 5.41) is 14.5. The Balaban J connectivity index is 2.75. The molecule has 0 radical (unpaired) electrons. The maximum Gasteiger partial charge on any atom is 0.228 e. The van der Waals surface area contributed by atoms with E-state index in [1.165, 1.54) is 6.20 Å². The molecule has 13 heavy (non-hydrogen) atoms. The van der Waals surface area contributed by atoms with Gasteiger partial charge in [0.05, 0.1) is 20.5 Å². The monoisotopic (exact) mass is 197 g/mol. The molecule has 1 heterocycles. The zero-order valence-corrected chi connectivity index (χ0v) is 7.10. The number of rotatable bonds is 1. The second-order valence-electron chi connectivity index (χ2n) is 2.46. The Morgan fingerprint density at radius 2 is 2.31 bits per heavy atom. The molecule has 5 nitrogen and oxygen atoms in total. The molecule has 0 saturated heterocycles. The highest BCUT2D eigenvalue weighted by Crippen LogP contribution is 2.20. The van der Waals surface area contributed by atoms with Crippen LogP contribution in [0.1, 0.15) is 0 Å². The van der Waals surface area contributed by atoms with Crippen LogP contribution in [0.5, 0.6) is 0 Å². The topological polar surface area (TPSA) is 61.0 Å². The van der Waals surface area contributed by atoms with Crippen LogP contribution in [0.2, 0.25) is 5.02 Å². The van der Waals surface area contributed by atoms with Crippen molar-refractivity contribution in [3.05, 3.63) is 39.5 Å². The predicted octanol–water partition coefficient (Wildman–Crippen LogP) is 1.73. The van der Waals surface area contributed by atoms with Crippen LogP contribution in [0.25, 0.3) is 10.9 Å². The van der Waals surface area contributed by atoms with Crippen LogP contribution in [0.4, 0.5) is 0 Å². The number of nitrogens with zero attached hydrogens (tertiary/aromatic N) is 3. The number of benzene rings is 1. The van der Waals surface area contributed by atoms with E-state index in [0.717, 1.165) is 0 Å². The van der Waals surface area contributed by atoms with Crippen molar-refractivity contribution in [3.8, 4) is 0 Å². The zero-order chi connectivity index (χ0) is 9.42. The van der Waals surface area contributed by atoms with Gasteiger partial charge >= 0.3 is 0 Å². The van der Waals surface area contributed by atoms with Gasteiger partial charge in [-0.25, -0.2) is 0 Å². The Morgan fingerprint density at radius 3 is 2.92 bits per heavy atom. The summed E-state index contributed by atoms with van der Waals surface area (Å²) in [5.41, 5.74) is 0.445. The summed E-state index contributed by atoms with van der Waals surface area (Å²) in [7, 11) is 0. The van der Waals surface area contributed by atoms with Crippen LogP contribution in [0, 0.1) is 10.1 Å². The average Bonchev–Trinajstić information content (AvgIpc) is 2.49. The molecule has 0 fully saturated rings. The van der Waals surface area contributed by atoms with Gasteiger partial charge in [-0.15, -0.1) is 0 Å². The normalized spacial score (nSPS) is 10.5. The maximum atomic E-state index is 10.3. The zero-order valence-electron chi connectivity index (χ0n) is 6.35. The lowest BCUT2D eigenvalue weighted by molar-refractivity contribution is -0.552. The van der Waals surface area contributed by atoms with E-state index in [1.54, 1.807) is 18.2 Å². The third-order valence-electron chi connectivity index (χ3n) is 1.64. The second kappa shape index (κ2) is 2.70. The lowest BCUT2D eigenvalue weighted by Gasteiger charge is -1.86. The van der Waals surface area contributed by atoms with E-state index in [1.807, 2.05) is 0 Å². The van der Waals surface area contributed by atoms with Gasteiger partial charge in [0.25, 0.3) is 0 Å². The fraction of sp³-hybridized carbons (Fsp3) is 0. The van der Waals surface area contributed by atoms with Crippen LogP contribution < -0.4 is 0 Å². The summed E-state index contributed by atoms with van der Waals surface area (Å²) in [6, 6.07) is 5.08. The summed E-state index contributed by atoms with van der Waals surface area (Å²) in [5.74, 6) is 0. The molecule has 6 heteroatoms. The Hall–Kier alpha value is -1.62. The molecule has 0 bridgehead atoms. The SMILES string of the molecule is O=[N+]([O-])n1cc2cccc(Cl)c2n1. The first-order chi connectivity index (χ1) is 6.18. The van der Waals surface area contributed by atoms with Crippen molar-refractivity contribution < 1.29 is 5.03 Å². The van der Waals surface area contributed by atoms with E-state index in [2.05, 4.69) is 5.10 Å². The van der Waals surface area contributed by atoms with Crippen LogP contribution >= 0.6 is 11.6 Å². The van der Waals surface area contributed by atoms with Gasteiger partial charge in [-0.2, -0.15) is 0 Å². The van der Waals surface area contributed by atoms with Gasteiger partial charge in [0.15, 0.2) is 0 Å². The van der Waals surface area contributed by atoms with Gasteiger partial charge < -0.3 is 10.1 Å². The Labute approximate surface area is 77.6 Å². The number of fused-ring (bicyclic) bond motifs is 1. The summed E-state index contributed by atoms with van der Waals surface area (Å²) < 4.78 is 0. The molecular formula is C7H4ClN3O2. The molecule has 1 aromatic carbocycles. The summed E-state index contributed by atoms with van der Waals surface area (Å²) in [6.45, 7) is 0. The summed E-state index contributed by atoms with van der Waals surface area (Å²) in [4.78, 5) is 11.0. The Bertz CT molecular complexity index is 480. The van der Waals surface area contributed by atoms with Crippen LogP contribution in [0.15, 0.2) is 24.4 Å². The van der Waals surface area contributed by atoms with Crippen molar-refractivity contribution in [2.24, 2.45) is 0 Å². The van der Waals surface area contributed by atoms with Crippen LogP contribution in [-0.2, 0) is 0 Å². The van der Waals surface area contributed by atoms with Crippen molar-refractivity contribution in [2.75, 3.05) is 0 Å². The molecular weight excluding hydrogens is 194 g/mol. The van der Waals surface area contributed by atoms with Crippen molar-refractivity contribution in [1.29, 1.82) is 0 Å². The molecule has 66 valence electrons.